The van der Waals surface area contributed by atoms with Crippen molar-refractivity contribution in [3.63, 3.8) is 0 Å². The van der Waals surface area contributed by atoms with Crippen LogP contribution >= 0.6 is 0 Å². The van der Waals surface area contributed by atoms with E-state index >= 15 is 0 Å². The first-order valence-corrected chi connectivity index (χ1v) is 12.3. The van der Waals surface area contributed by atoms with E-state index in [0.717, 1.165) is 5.56 Å². The summed E-state index contributed by atoms with van der Waals surface area (Å²) < 4.78 is 57.6. The third kappa shape index (κ3) is 3.77. The molecule has 2 aromatic carbocycles. The summed E-state index contributed by atoms with van der Waals surface area (Å²) in [6.07, 6.45) is 3.96. The smallest absolute Gasteiger partial charge is 0.186 e. The van der Waals surface area contributed by atoms with Crippen molar-refractivity contribution in [1.29, 1.82) is 0 Å². The van der Waals surface area contributed by atoms with E-state index in [-0.39, 0.29) is 15.4 Å². The molecular weight excluding hydrogens is 410 g/mol. The Kier molecular flexibility index (Phi) is 5.14. The molecule has 0 saturated heterocycles. The first-order valence-electron chi connectivity index (χ1n) is 9.06. The van der Waals surface area contributed by atoms with Gasteiger partial charge in [0, 0.05) is 24.4 Å². The Morgan fingerprint density at radius 3 is 2.41 bits per heavy atom. The highest BCUT2D eigenvalue weighted by Gasteiger charge is 2.45. The highest BCUT2D eigenvalue weighted by atomic mass is 32.2. The SMILES string of the molecule is O=S1(=O)CC(S(=O)(=O)c2ccccc2)c2c(OCCc3ccncc3)cccc21. The second-order valence-corrected chi connectivity index (χ2v) is 10.9. The third-order valence-electron chi connectivity index (χ3n) is 4.90. The molecule has 8 heteroatoms. The number of rotatable bonds is 6. The molecule has 1 aromatic heterocycles. The number of ether oxygens (including phenoxy) is 1. The quantitative estimate of drug-likeness (QED) is 0.598. The molecule has 1 aliphatic heterocycles. The Labute approximate surface area is 170 Å². The predicted octanol–water partition coefficient (Wildman–Crippen LogP) is 3.01. The van der Waals surface area contributed by atoms with Gasteiger partial charge in [-0.3, -0.25) is 4.98 Å². The van der Waals surface area contributed by atoms with Crippen LogP contribution in [0.15, 0.2) is 82.8 Å². The molecule has 4 rings (SSSR count). The summed E-state index contributed by atoms with van der Waals surface area (Å²) in [5, 5.41) is -1.19. The number of fused-ring (bicyclic) bond motifs is 1. The van der Waals surface area contributed by atoms with Crippen molar-refractivity contribution < 1.29 is 21.6 Å². The van der Waals surface area contributed by atoms with Gasteiger partial charge in [-0.2, -0.15) is 0 Å². The first-order chi connectivity index (χ1) is 13.9. The van der Waals surface area contributed by atoms with Crippen LogP contribution < -0.4 is 4.74 Å². The van der Waals surface area contributed by atoms with Gasteiger partial charge in [-0.1, -0.05) is 24.3 Å². The van der Waals surface area contributed by atoms with Gasteiger partial charge in [0.15, 0.2) is 19.7 Å². The molecule has 1 aliphatic rings. The molecule has 150 valence electrons. The molecule has 0 N–H and O–H groups in total. The van der Waals surface area contributed by atoms with Gasteiger partial charge in [0.25, 0.3) is 0 Å². The van der Waals surface area contributed by atoms with Crippen LogP contribution in [0.2, 0.25) is 0 Å². The predicted molar refractivity (Wildman–Crippen MR) is 108 cm³/mol. The largest absolute Gasteiger partial charge is 0.493 e. The fourth-order valence-corrected chi connectivity index (χ4v) is 7.81. The Morgan fingerprint density at radius 2 is 1.69 bits per heavy atom. The maximum absolute atomic E-state index is 13.2. The van der Waals surface area contributed by atoms with Gasteiger partial charge in [0.2, 0.25) is 0 Å². The topological polar surface area (TPSA) is 90.4 Å². The molecule has 0 fully saturated rings. The lowest BCUT2D eigenvalue weighted by Gasteiger charge is -2.16. The molecule has 2 heterocycles. The normalized spacial score (nSPS) is 17.6. The van der Waals surface area contributed by atoms with Gasteiger partial charge in [0.1, 0.15) is 11.0 Å². The van der Waals surface area contributed by atoms with Crippen molar-refractivity contribution in [2.24, 2.45) is 0 Å². The van der Waals surface area contributed by atoms with Crippen LogP contribution in [0.3, 0.4) is 0 Å². The van der Waals surface area contributed by atoms with Crippen LogP contribution in [0.25, 0.3) is 0 Å². The molecule has 0 saturated carbocycles. The minimum atomic E-state index is -3.89. The van der Waals surface area contributed by atoms with Crippen molar-refractivity contribution in [2.45, 2.75) is 21.5 Å². The number of aromatic nitrogens is 1. The van der Waals surface area contributed by atoms with Gasteiger partial charge in [-0.25, -0.2) is 16.8 Å². The fraction of sp³-hybridized carbons (Fsp3) is 0.190. The zero-order valence-corrected chi connectivity index (χ0v) is 17.1. The van der Waals surface area contributed by atoms with Crippen LogP contribution in [0, 0.1) is 0 Å². The van der Waals surface area contributed by atoms with E-state index in [0.29, 0.717) is 18.8 Å². The van der Waals surface area contributed by atoms with Crippen LogP contribution in [-0.2, 0) is 26.1 Å². The van der Waals surface area contributed by atoms with Crippen LogP contribution in [0.1, 0.15) is 16.4 Å². The Balaban J connectivity index is 1.69. The molecule has 1 atom stereocenters. The number of sulfone groups is 2. The lowest BCUT2D eigenvalue weighted by atomic mass is 10.1. The molecular formula is C21H19NO5S2. The summed E-state index contributed by atoms with van der Waals surface area (Å²) in [4.78, 5) is 4.09. The standard InChI is InChI=1S/C21H19NO5S2/c23-28(24)15-20(29(25,26)17-5-2-1-3-6-17)21-18(7-4-8-19(21)28)27-14-11-16-9-12-22-13-10-16/h1-10,12-13,20H,11,14-15H2. The average molecular weight is 430 g/mol. The minimum absolute atomic E-state index is 0.0309. The van der Waals surface area contributed by atoms with Gasteiger partial charge >= 0.3 is 0 Å². The number of pyridine rings is 1. The summed E-state index contributed by atoms with van der Waals surface area (Å²) in [5.41, 5.74) is 1.25. The summed E-state index contributed by atoms with van der Waals surface area (Å²) in [6, 6.07) is 16.3. The number of nitrogens with zero attached hydrogens (tertiary/aromatic N) is 1. The molecule has 1 unspecified atom stereocenters. The van der Waals surface area contributed by atoms with Crippen LogP contribution in [-0.4, -0.2) is 34.2 Å². The molecule has 6 nitrogen and oxygen atoms in total. The van der Waals surface area contributed by atoms with E-state index in [2.05, 4.69) is 4.98 Å². The van der Waals surface area contributed by atoms with E-state index < -0.39 is 30.7 Å². The lowest BCUT2D eigenvalue weighted by molar-refractivity contribution is 0.317. The van der Waals surface area contributed by atoms with Gasteiger partial charge in [0.05, 0.1) is 22.2 Å². The zero-order valence-electron chi connectivity index (χ0n) is 15.4. The molecule has 3 aromatic rings. The second kappa shape index (κ2) is 7.61. The summed E-state index contributed by atoms with van der Waals surface area (Å²) >= 11 is 0. The van der Waals surface area contributed by atoms with Gasteiger partial charge in [-0.05, 0) is 42.0 Å². The van der Waals surface area contributed by atoms with E-state index in [4.69, 9.17) is 4.74 Å². The van der Waals surface area contributed by atoms with E-state index in [1.54, 1.807) is 42.7 Å². The van der Waals surface area contributed by atoms with E-state index in [1.807, 2.05) is 12.1 Å². The summed E-state index contributed by atoms with van der Waals surface area (Å²) in [5.74, 6) is -0.188. The number of benzene rings is 2. The number of hydrogen-bond donors (Lipinski definition) is 0. The first kappa shape index (κ1) is 19.6. The third-order valence-corrected chi connectivity index (χ3v) is 8.99. The van der Waals surface area contributed by atoms with Gasteiger partial charge < -0.3 is 4.74 Å². The maximum atomic E-state index is 13.2. The monoisotopic (exact) mass is 429 g/mol. The van der Waals surface area contributed by atoms with Crippen molar-refractivity contribution in [1.82, 2.24) is 4.98 Å². The Hall–Kier alpha value is -2.71. The van der Waals surface area contributed by atoms with Gasteiger partial charge in [-0.15, -0.1) is 0 Å². The molecule has 29 heavy (non-hydrogen) atoms. The molecule has 0 spiro atoms. The highest BCUT2D eigenvalue weighted by Crippen LogP contribution is 2.45. The van der Waals surface area contributed by atoms with Crippen molar-refractivity contribution in [2.75, 3.05) is 12.4 Å². The van der Waals surface area contributed by atoms with Crippen LogP contribution in [0.4, 0.5) is 0 Å². The highest BCUT2D eigenvalue weighted by molar-refractivity contribution is 7.96. The lowest BCUT2D eigenvalue weighted by Crippen LogP contribution is -2.16. The Morgan fingerprint density at radius 1 is 0.966 bits per heavy atom. The van der Waals surface area contributed by atoms with Crippen molar-refractivity contribution in [3.8, 4) is 5.75 Å². The molecule has 0 amide bonds. The van der Waals surface area contributed by atoms with Crippen molar-refractivity contribution >= 4 is 19.7 Å². The summed E-state index contributed by atoms with van der Waals surface area (Å²) in [6.45, 7) is 0.290. The molecule has 0 bridgehead atoms. The average Bonchev–Trinajstić information content (AvgIpc) is 3.02. The minimum Gasteiger partial charge on any atom is -0.493 e. The van der Waals surface area contributed by atoms with E-state index in [9.17, 15) is 16.8 Å². The van der Waals surface area contributed by atoms with Crippen molar-refractivity contribution in [3.05, 3.63) is 84.2 Å². The summed E-state index contributed by atoms with van der Waals surface area (Å²) in [7, 11) is -7.60. The Bertz CT molecular complexity index is 1220. The van der Waals surface area contributed by atoms with Crippen LogP contribution in [0.5, 0.6) is 5.75 Å². The van der Waals surface area contributed by atoms with E-state index in [1.165, 1.54) is 18.2 Å². The number of hydrogen-bond acceptors (Lipinski definition) is 6. The fourth-order valence-electron chi connectivity index (χ4n) is 3.46. The zero-order chi connectivity index (χ0) is 20.5. The maximum Gasteiger partial charge on any atom is 0.186 e. The second-order valence-electron chi connectivity index (χ2n) is 6.75. The molecule has 0 radical (unpaired) electrons. The molecule has 0 aliphatic carbocycles.